The molecule has 0 spiro atoms. The number of benzene rings is 2. The van der Waals surface area contributed by atoms with Crippen LogP contribution in [0.5, 0.6) is 0 Å². The van der Waals surface area contributed by atoms with Gasteiger partial charge < -0.3 is 18.9 Å². The third-order valence-corrected chi connectivity index (χ3v) is 6.87. The highest BCUT2D eigenvalue weighted by Crippen LogP contribution is 2.38. The van der Waals surface area contributed by atoms with E-state index in [4.69, 9.17) is 18.9 Å². The molecule has 2 aromatic carbocycles. The Bertz CT molecular complexity index is 1150. The van der Waals surface area contributed by atoms with E-state index in [9.17, 15) is 14.4 Å². The number of hydrogen-bond donors (Lipinski definition) is 0. The molecule has 4 atom stereocenters. The molecule has 196 valence electrons. The van der Waals surface area contributed by atoms with Gasteiger partial charge in [-0.2, -0.15) is 0 Å². The molecule has 0 bridgehead atoms. The second kappa shape index (κ2) is 11.4. The van der Waals surface area contributed by atoms with E-state index in [1.54, 1.807) is 76.3 Å². The highest BCUT2D eigenvalue weighted by molar-refractivity contribution is 8.14. The maximum absolute atomic E-state index is 12.8. The molecule has 2 aromatic rings. The molecular weight excluding hydrogens is 496 g/mol. The fourth-order valence-corrected chi connectivity index (χ4v) is 4.95. The van der Waals surface area contributed by atoms with E-state index in [0.717, 1.165) is 0 Å². The molecular formula is C27H30N2O7S. The van der Waals surface area contributed by atoms with Crippen LogP contribution in [0.15, 0.2) is 65.7 Å². The Balaban J connectivity index is 1.47. The molecule has 2 heterocycles. The number of rotatable bonds is 5. The number of amidine groups is 1. The predicted molar refractivity (Wildman–Crippen MR) is 138 cm³/mol. The summed E-state index contributed by atoms with van der Waals surface area (Å²) < 4.78 is 23.0. The lowest BCUT2D eigenvalue weighted by atomic mass is 10.0. The van der Waals surface area contributed by atoms with Gasteiger partial charge in [-0.05, 0) is 45.0 Å². The van der Waals surface area contributed by atoms with Crippen molar-refractivity contribution in [3.63, 3.8) is 0 Å². The average molecular weight is 527 g/mol. The number of esters is 2. The second-order valence-corrected chi connectivity index (χ2v) is 10.8. The summed E-state index contributed by atoms with van der Waals surface area (Å²) in [7, 11) is 1.59. The third-order valence-electron chi connectivity index (χ3n) is 5.62. The van der Waals surface area contributed by atoms with Gasteiger partial charge in [0.15, 0.2) is 5.17 Å². The van der Waals surface area contributed by atoms with Gasteiger partial charge in [-0.1, -0.05) is 48.2 Å². The summed E-state index contributed by atoms with van der Waals surface area (Å²) >= 11 is 1.28. The van der Waals surface area contributed by atoms with Crippen LogP contribution in [0.25, 0.3) is 0 Å². The highest BCUT2D eigenvalue weighted by atomic mass is 32.2. The molecule has 4 rings (SSSR count). The Morgan fingerprint density at radius 1 is 1.00 bits per heavy atom. The van der Waals surface area contributed by atoms with Crippen molar-refractivity contribution in [2.75, 3.05) is 13.7 Å². The Labute approximate surface area is 220 Å². The molecule has 10 heteroatoms. The topological polar surface area (TPSA) is 104 Å². The zero-order valence-corrected chi connectivity index (χ0v) is 22.0. The molecule has 1 fully saturated rings. The number of aliphatic imine (C=N–C) groups is 1. The lowest BCUT2D eigenvalue weighted by Gasteiger charge is -2.36. The van der Waals surface area contributed by atoms with E-state index in [-0.39, 0.29) is 12.6 Å². The summed E-state index contributed by atoms with van der Waals surface area (Å²) in [5.41, 5.74) is -0.275. The maximum Gasteiger partial charge on any atom is 0.416 e. The van der Waals surface area contributed by atoms with Crippen LogP contribution in [-0.4, -0.2) is 71.0 Å². The van der Waals surface area contributed by atoms with Crippen LogP contribution >= 0.6 is 11.8 Å². The molecule has 0 N–H and O–H groups in total. The molecule has 0 unspecified atom stereocenters. The maximum atomic E-state index is 12.8. The van der Waals surface area contributed by atoms with Gasteiger partial charge in [0.1, 0.15) is 29.9 Å². The third kappa shape index (κ3) is 6.90. The van der Waals surface area contributed by atoms with Gasteiger partial charge in [0.05, 0.1) is 17.2 Å². The van der Waals surface area contributed by atoms with Gasteiger partial charge in [0.2, 0.25) is 0 Å². The number of carbonyl (C=O) groups excluding carboxylic acids is 3. The number of carbonyl (C=O) groups is 3. The van der Waals surface area contributed by atoms with Gasteiger partial charge in [0, 0.05) is 13.5 Å². The van der Waals surface area contributed by atoms with Crippen molar-refractivity contribution in [3.8, 4) is 0 Å². The minimum Gasteiger partial charge on any atom is -0.459 e. The first-order valence-corrected chi connectivity index (χ1v) is 12.8. The number of hydrogen-bond acceptors (Lipinski definition) is 9. The quantitative estimate of drug-likeness (QED) is 0.414. The fourth-order valence-electron chi connectivity index (χ4n) is 3.79. The monoisotopic (exact) mass is 526 g/mol. The largest absolute Gasteiger partial charge is 0.459 e. The zero-order valence-electron chi connectivity index (χ0n) is 21.2. The first-order chi connectivity index (χ1) is 17.6. The molecule has 37 heavy (non-hydrogen) atoms. The molecule has 9 nitrogen and oxygen atoms in total. The van der Waals surface area contributed by atoms with Gasteiger partial charge in [0.25, 0.3) is 0 Å². The summed E-state index contributed by atoms with van der Waals surface area (Å²) in [6, 6.07) is 16.9. The Morgan fingerprint density at radius 3 is 2.19 bits per heavy atom. The van der Waals surface area contributed by atoms with Crippen molar-refractivity contribution in [1.29, 1.82) is 0 Å². The van der Waals surface area contributed by atoms with Crippen LogP contribution in [0.3, 0.4) is 0 Å². The van der Waals surface area contributed by atoms with Crippen molar-refractivity contribution in [2.24, 2.45) is 4.99 Å². The van der Waals surface area contributed by atoms with Crippen molar-refractivity contribution < 1.29 is 33.3 Å². The predicted octanol–water partition coefficient (Wildman–Crippen LogP) is 4.52. The molecule has 2 aliphatic heterocycles. The summed E-state index contributed by atoms with van der Waals surface area (Å²) in [5.74, 6) is -1.01. The van der Waals surface area contributed by atoms with E-state index < -0.39 is 41.3 Å². The molecule has 2 aliphatic rings. The van der Waals surface area contributed by atoms with Crippen LogP contribution in [0.1, 0.15) is 47.9 Å². The van der Waals surface area contributed by atoms with Crippen LogP contribution in [0.4, 0.5) is 4.79 Å². The van der Waals surface area contributed by atoms with Crippen LogP contribution in [-0.2, 0) is 18.9 Å². The zero-order chi connectivity index (χ0) is 26.6. The Kier molecular flexibility index (Phi) is 8.19. The Morgan fingerprint density at radius 2 is 1.59 bits per heavy atom. The number of fused-ring (bicyclic) bond motifs is 1. The van der Waals surface area contributed by atoms with E-state index in [2.05, 4.69) is 4.99 Å². The number of amides is 1. The Hall–Kier alpha value is -3.37. The molecule has 0 saturated carbocycles. The van der Waals surface area contributed by atoms with E-state index >= 15 is 0 Å². The van der Waals surface area contributed by atoms with E-state index in [0.29, 0.717) is 22.7 Å². The van der Waals surface area contributed by atoms with Crippen molar-refractivity contribution in [1.82, 2.24) is 4.90 Å². The number of nitrogens with zero attached hydrogens (tertiary/aromatic N) is 2. The highest BCUT2D eigenvalue weighted by Gasteiger charge is 2.46. The lowest BCUT2D eigenvalue weighted by Crippen LogP contribution is -2.48. The SMILES string of the molecule is CN(C(=O)OC(C)(C)C)C1=N[C@@H]2C[C@H](OC(=O)c3ccccc3)[C@@H](COC(=O)c3ccccc3)O[C@@H]2S1. The molecule has 0 radical (unpaired) electrons. The summed E-state index contributed by atoms with van der Waals surface area (Å²) in [6.07, 6.45) is -1.61. The van der Waals surface area contributed by atoms with Gasteiger partial charge in [-0.3, -0.25) is 9.89 Å². The van der Waals surface area contributed by atoms with Gasteiger partial charge >= 0.3 is 18.0 Å². The minimum atomic E-state index is -0.715. The standard InChI is InChI=1S/C27H30N2O7S/c1-27(2,3)36-26(32)29(4)25-28-19-15-20(34-23(31)18-13-9-6-10-14-18)21(35-24(19)37-25)16-33-22(30)17-11-7-5-8-12-17/h5-14,19-21,24H,15-16H2,1-4H3/t19-,20+,21-,24-/m1/s1. The molecule has 0 aromatic heterocycles. The lowest BCUT2D eigenvalue weighted by molar-refractivity contribution is -0.118. The number of ether oxygens (including phenoxy) is 4. The summed E-state index contributed by atoms with van der Waals surface area (Å²) in [4.78, 5) is 43.9. The van der Waals surface area contributed by atoms with E-state index in [1.807, 2.05) is 12.1 Å². The molecule has 0 aliphatic carbocycles. The smallest absolute Gasteiger partial charge is 0.416 e. The van der Waals surface area contributed by atoms with Crippen molar-refractivity contribution in [2.45, 2.75) is 56.5 Å². The second-order valence-electron chi connectivity index (χ2n) is 9.69. The fraction of sp³-hybridized carbons (Fsp3) is 0.407. The van der Waals surface area contributed by atoms with Crippen LogP contribution in [0.2, 0.25) is 0 Å². The van der Waals surface area contributed by atoms with E-state index in [1.165, 1.54) is 16.7 Å². The summed E-state index contributed by atoms with van der Waals surface area (Å²) in [6.45, 7) is 5.26. The van der Waals surface area contributed by atoms with Gasteiger partial charge in [-0.25, -0.2) is 14.4 Å². The minimum absolute atomic E-state index is 0.110. The van der Waals surface area contributed by atoms with Crippen molar-refractivity contribution >= 4 is 35.0 Å². The molecule has 1 amide bonds. The van der Waals surface area contributed by atoms with Crippen LogP contribution < -0.4 is 0 Å². The van der Waals surface area contributed by atoms with Crippen molar-refractivity contribution in [3.05, 3.63) is 71.8 Å². The van der Waals surface area contributed by atoms with Crippen LogP contribution in [0, 0.1) is 0 Å². The molecule has 1 saturated heterocycles. The normalized spacial score (nSPS) is 22.9. The first kappa shape index (κ1) is 26.7. The summed E-state index contributed by atoms with van der Waals surface area (Å²) in [5, 5.41) is 0.444. The number of thioether (sulfide) groups is 1. The van der Waals surface area contributed by atoms with Gasteiger partial charge in [-0.15, -0.1) is 0 Å². The first-order valence-electron chi connectivity index (χ1n) is 12.0. The average Bonchev–Trinajstić information content (AvgIpc) is 3.29.